The average Bonchev–Trinajstić information content (AvgIpc) is 2.78. The third-order valence-electron chi connectivity index (χ3n) is 5.18. The number of fused-ring (bicyclic) bond motifs is 1. The predicted octanol–water partition coefficient (Wildman–Crippen LogP) is 3.02. The summed E-state index contributed by atoms with van der Waals surface area (Å²) in [4.78, 5) is 27.0. The van der Waals surface area contributed by atoms with Crippen molar-refractivity contribution in [3.8, 4) is 11.5 Å². The Bertz CT molecular complexity index is 872. The van der Waals surface area contributed by atoms with Crippen LogP contribution in [0.15, 0.2) is 48.5 Å². The van der Waals surface area contributed by atoms with Gasteiger partial charge >= 0.3 is 6.03 Å². The van der Waals surface area contributed by atoms with Crippen LogP contribution in [0.3, 0.4) is 0 Å². The van der Waals surface area contributed by atoms with Crippen molar-refractivity contribution in [3.05, 3.63) is 54.1 Å². The van der Waals surface area contributed by atoms with Gasteiger partial charge < -0.3 is 25.0 Å². The molecule has 2 aromatic rings. The van der Waals surface area contributed by atoms with E-state index in [1.807, 2.05) is 30.3 Å². The van der Waals surface area contributed by atoms with Crippen molar-refractivity contribution in [2.45, 2.75) is 19.4 Å². The normalized spacial score (nSPS) is 18.1. The summed E-state index contributed by atoms with van der Waals surface area (Å²) in [6.45, 7) is 2.58. The van der Waals surface area contributed by atoms with E-state index in [1.54, 1.807) is 23.1 Å². The fraction of sp³-hybridized carbons (Fsp3) is 0.364. The molecule has 7 heteroatoms. The highest BCUT2D eigenvalue weighted by Crippen LogP contribution is 2.33. The number of urea groups is 1. The van der Waals surface area contributed by atoms with Gasteiger partial charge in [0.1, 0.15) is 13.2 Å². The first kappa shape index (κ1) is 19.1. The Morgan fingerprint density at radius 2 is 1.83 bits per heavy atom. The van der Waals surface area contributed by atoms with Crippen LogP contribution >= 0.6 is 0 Å². The van der Waals surface area contributed by atoms with Crippen LogP contribution in [0.1, 0.15) is 18.4 Å². The molecule has 0 aliphatic carbocycles. The van der Waals surface area contributed by atoms with Crippen LogP contribution in [-0.4, -0.2) is 43.1 Å². The number of anilines is 1. The highest BCUT2D eigenvalue weighted by atomic mass is 16.6. The van der Waals surface area contributed by atoms with Gasteiger partial charge in [0, 0.05) is 31.4 Å². The number of benzene rings is 2. The number of nitrogens with zero attached hydrogens (tertiary/aromatic N) is 1. The molecule has 7 nitrogen and oxygen atoms in total. The molecule has 0 bridgehead atoms. The largest absolute Gasteiger partial charge is 0.486 e. The molecule has 0 spiro atoms. The fourth-order valence-electron chi connectivity index (χ4n) is 3.63. The highest BCUT2D eigenvalue weighted by Gasteiger charge is 2.28. The molecule has 29 heavy (non-hydrogen) atoms. The topological polar surface area (TPSA) is 79.9 Å². The molecule has 3 amide bonds. The van der Waals surface area contributed by atoms with Gasteiger partial charge in [-0.25, -0.2) is 4.79 Å². The van der Waals surface area contributed by atoms with Gasteiger partial charge in [0.2, 0.25) is 5.91 Å². The third-order valence-corrected chi connectivity index (χ3v) is 5.18. The monoisotopic (exact) mass is 395 g/mol. The zero-order valence-electron chi connectivity index (χ0n) is 16.2. The van der Waals surface area contributed by atoms with Crippen LogP contribution in [0.25, 0.3) is 0 Å². The van der Waals surface area contributed by atoms with Gasteiger partial charge in [-0.15, -0.1) is 0 Å². The minimum atomic E-state index is -0.237. The lowest BCUT2D eigenvalue weighted by Gasteiger charge is -2.32. The van der Waals surface area contributed by atoms with Crippen molar-refractivity contribution in [2.24, 2.45) is 5.92 Å². The lowest BCUT2D eigenvalue weighted by Crippen LogP contribution is -2.47. The van der Waals surface area contributed by atoms with Crippen molar-refractivity contribution in [3.63, 3.8) is 0 Å². The minimum absolute atomic E-state index is 0.0813. The fourth-order valence-corrected chi connectivity index (χ4v) is 3.63. The van der Waals surface area contributed by atoms with E-state index < -0.39 is 0 Å². The number of ether oxygens (including phenoxy) is 2. The molecule has 0 aromatic heterocycles. The van der Waals surface area contributed by atoms with Crippen molar-refractivity contribution in [1.82, 2.24) is 10.2 Å². The van der Waals surface area contributed by atoms with Gasteiger partial charge in [-0.05, 0) is 30.5 Å². The zero-order chi connectivity index (χ0) is 20.1. The van der Waals surface area contributed by atoms with Crippen LogP contribution in [0, 0.1) is 5.92 Å². The van der Waals surface area contributed by atoms with Crippen molar-refractivity contribution in [1.29, 1.82) is 0 Å². The van der Waals surface area contributed by atoms with E-state index in [9.17, 15) is 9.59 Å². The number of likely N-dealkylation sites (tertiary alicyclic amines) is 1. The van der Waals surface area contributed by atoms with Crippen LogP contribution in [0.2, 0.25) is 0 Å². The number of hydrogen-bond acceptors (Lipinski definition) is 4. The van der Waals surface area contributed by atoms with Crippen molar-refractivity contribution in [2.75, 3.05) is 31.6 Å². The lowest BCUT2D eigenvalue weighted by molar-refractivity contribution is -0.121. The van der Waals surface area contributed by atoms with E-state index in [0.717, 1.165) is 18.4 Å². The molecule has 0 radical (unpaired) electrons. The molecular formula is C22H25N3O4. The molecular weight excluding hydrogens is 370 g/mol. The number of rotatable bonds is 4. The Hall–Kier alpha value is -3.22. The smallest absolute Gasteiger partial charge is 0.317 e. The quantitative estimate of drug-likeness (QED) is 0.834. The van der Waals surface area contributed by atoms with Gasteiger partial charge in [0.05, 0.1) is 5.92 Å². The molecule has 1 saturated heterocycles. The Morgan fingerprint density at radius 3 is 2.66 bits per heavy atom. The summed E-state index contributed by atoms with van der Waals surface area (Å²) < 4.78 is 11.1. The van der Waals surface area contributed by atoms with E-state index in [0.29, 0.717) is 50.0 Å². The van der Waals surface area contributed by atoms with E-state index in [-0.39, 0.29) is 17.9 Å². The Morgan fingerprint density at radius 1 is 1.03 bits per heavy atom. The number of nitrogens with one attached hydrogen (secondary N) is 2. The molecule has 152 valence electrons. The van der Waals surface area contributed by atoms with Gasteiger partial charge in [-0.3, -0.25) is 4.79 Å². The Labute approximate surface area is 170 Å². The first-order valence-corrected chi connectivity index (χ1v) is 9.96. The summed E-state index contributed by atoms with van der Waals surface area (Å²) in [6, 6.07) is 15.0. The molecule has 2 heterocycles. The maximum absolute atomic E-state index is 12.7. The van der Waals surface area contributed by atoms with Crippen molar-refractivity contribution < 1.29 is 19.1 Å². The summed E-state index contributed by atoms with van der Waals surface area (Å²) in [5, 5.41) is 5.88. The maximum Gasteiger partial charge on any atom is 0.317 e. The molecule has 1 fully saturated rings. The van der Waals surface area contributed by atoms with Crippen LogP contribution in [0.5, 0.6) is 11.5 Å². The predicted molar refractivity (Wildman–Crippen MR) is 109 cm³/mol. The minimum Gasteiger partial charge on any atom is -0.486 e. The van der Waals surface area contributed by atoms with Crippen LogP contribution in [-0.2, 0) is 11.3 Å². The second-order valence-electron chi connectivity index (χ2n) is 7.28. The van der Waals surface area contributed by atoms with Gasteiger partial charge in [0.25, 0.3) is 0 Å². The number of carbonyl (C=O) groups is 2. The summed E-state index contributed by atoms with van der Waals surface area (Å²) in [5.74, 6) is 1.01. The van der Waals surface area contributed by atoms with E-state index >= 15 is 0 Å². The number of carbonyl (C=O) groups excluding carboxylic acids is 2. The van der Waals surface area contributed by atoms with Crippen LogP contribution < -0.4 is 20.1 Å². The second kappa shape index (κ2) is 8.86. The number of hydrogen-bond donors (Lipinski definition) is 2. The van der Waals surface area contributed by atoms with Crippen molar-refractivity contribution >= 4 is 17.6 Å². The molecule has 4 rings (SSSR count). The molecule has 0 saturated carbocycles. The average molecular weight is 395 g/mol. The summed E-state index contributed by atoms with van der Waals surface area (Å²) in [6.07, 6.45) is 1.57. The van der Waals surface area contributed by atoms with Gasteiger partial charge in [-0.1, -0.05) is 30.3 Å². The molecule has 2 aromatic carbocycles. The first-order valence-electron chi connectivity index (χ1n) is 9.96. The SMILES string of the molecule is O=C(Nc1ccc2c(c1)OCCO2)[C@@H]1CCCN(C(=O)NCc2ccccc2)C1. The molecule has 2 aliphatic heterocycles. The Balaban J connectivity index is 1.31. The van der Waals surface area contributed by atoms with Gasteiger partial charge in [-0.2, -0.15) is 0 Å². The third kappa shape index (κ3) is 4.80. The number of piperidine rings is 1. The Kier molecular flexibility index (Phi) is 5.84. The number of amides is 3. The van der Waals surface area contributed by atoms with E-state index in [2.05, 4.69) is 10.6 Å². The van der Waals surface area contributed by atoms with E-state index in [4.69, 9.17) is 9.47 Å². The first-order chi connectivity index (χ1) is 14.2. The summed E-state index contributed by atoms with van der Waals surface area (Å²) >= 11 is 0. The summed E-state index contributed by atoms with van der Waals surface area (Å²) in [5.41, 5.74) is 1.72. The second-order valence-corrected chi connectivity index (χ2v) is 7.28. The lowest BCUT2D eigenvalue weighted by atomic mass is 9.97. The van der Waals surface area contributed by atoms with E-state index in [1.165, 1.54) is 0 Å². The molecule has 2 N–H and O–H groups in total. The molecule has 1 atom stereocenters. The molecule has 2 aliphatic rings. The maximum atomic E-state index is 12.7. The standard InChI is InChI=1S/C22H25N3O4/c26-21(24-18-8-9-19-20(13-18)29-12-11-28-19)17-7-4-10-25(15-17)22(27)23-14-16-5-2-1-3-6-16/h1-3,5-6,8-9,13,17H,4,7,10-12,14-15H2,(H,23,27)(H,24,26)/t17-/m1/s1. The zero-order valence-corrected chi connectivity index (χ0v) is 16.2. The van der Waals surface area contributed by atoms with Gasteiger partial charge in [0.15, 0.2) is 11.5 Å². The summed E-state index contributed by atoms with van der Waals surface area (Å²) in [7, 11) is 0. The molecule has 0 unspecified atom stereocenters. The highest BCUT2D eigenvalue weighted by molar-refractivity contribution is 5.93. The van der Waals surface area contributed by atoms with Crippen LogP contribution in [0.4, 0.5) is 10.5 Å².